The topological polar surface area (TPSA) is 101 Å². The van der Waals surface area contributed by atoms with Crippen LogP contribution in [0.15, 0.2) is 23.5 Å². The van der Waals surface area contributed by atoms with Crippen LogP contribution in [0.1, 0.15) is 28.9 Å². The lowest BCUT2D eigenvalue weighted by atomic mass is 10.2. The highest BCUT2D eigenvalue weighted by Gasteiger charge is 2.08. The van der Waals surface area contributed by atoms with Gasteiger partial charge < -0.3 is 16.3 Å². The number of rotatable bonds is 5. The third-order valence-corrected chi connectivity index (χ3v) is 2.25. The molecule has 1 amide bonds. The molecule has 0 spiro atoms. The lowest BCUT2D eigenvalue weighted by Gasteiger charge is -2.05. The van der Waals surface area contributed by atoms with Gasteiger partial charge >= 0.3 is 0 Å². The van der Waals surface area contributed by atoms with Gasteiger partial charge in [-0.25, -0.2) is 0 Å². The van der Waals surface area contributed by atoms with Crippen molar-refractivity contribution < 1.29 is 10.0 Å². The minimum Gasteiger partial charge on any atom is -0.409 e. The summed E-state index contributed by atoms with van der Waals surface area (Å²) in [6.45, 7) is 2.30. The van der Waals surface area contributed by atoms with Crippen LogP contribution in [-0.2, 0) is 0 Å². The molecule has 0 bridgehead atoms. The van der Waals surface area contributed by atoms with Crippen LogP contribution in [0.3, 0.4) is 0 Å². The third kappa shape index (κ3) is 4.10. The van der Waals surface area contributed by atoms with Crippen LogP contribution in [0.2, 0.25) is 0 Å². The van der Waals surface area contributed by atoms with Gasteiger partial charge in [0, 0.05) is 19.2 Å². The molecule has 92 valence electrons. The lowest BCUT2D eigenvalue weighted by Crippen LogP contribution is -2.27. The van der Waals surface area contributed by atoms with Gasteiger partial charge in [-0.15, -0.1) is 0 Å². The predicted octanol–water partition coefficient (Wildman–Crippen LogP) is 0.646. The molecule has 6 nitrogen and oxygen atoms in total. The van der Waals surface area contributed by atoms with Gasteiger partial charge in [0.15, 0.2) is 0 Å². The van der Waals surface area contributed by atoms with Crippen LogP contribution in [-0.4, -0.2) is 28.5 Å². The first-order valence-corrected chi connectivity index (χ1v) is 5.31. The Morgan fingerprint density at radius 1 is 1.65 bits per heavy atom. The van der Waals surface area contributed by atoms with Gasteiger partial charge in [0.1, 0.15) is 11.5 Å². The zero-order chi connectivity index (χ0) is 12.7. The van der Waals surface area contributed by atoms with Gasteiger partial charge in [0.25, 0.3) is 5.91 Å². The first kappa shape index (κ1) is 13.0. The minimum absolute atomic E-state index is 0.160. The number of hydrogen-bond donors (Lipinski definition) is 3. The number of nitrogens with one attached hydrogen (secondary N) is 1. The lowest BCUT2D eigenvalue weighted by molar-refractivity contribution is 0.0947. The van der Waals surface area contributed by atoms with E-state index >= 15 is 0 Å². The van der Waals surface area contributed by atoms with Crippen molar-refractivity contribution in [3.05, 3.63) is 29.6 Å². The van der Waals surface area contributed by atoms with Crippen molar-refractivity contribution >= 4 is 11.7 Å². The van der Waals surface area contributed by atoms with E-state index in [-0.39, 0.29) is 11.7 Å². The van der Waals surface area contributed by atoms with Crippen molar-refractivity contribution in [2.75, 3.05) is 6.54 Å². The molecule has 0 aromatic carbocycles. The highest BCUT2D eigenvalue weighted by atomic mass is 16.4. The van der Waals surface area contributed by atoms with E-state index in [1.165, 1.54) is 0 Å². The second kappa shape index (κ2) is 6.47. The quantitative estimate of drug-likeness (QED) is 0.230. The van der Waals surface area contributed by atoms with Crippen LogP contribution in [0.25, 0.3) is 0 Å². The summed E-state index contributed by atoms with van der Waals surface area (Å²) in [4.78, 5) is 15.7. The van der Waals surface area contributed by atoms with E-state index in [1.807, 2.05) is 13.0 Å². The summed E-state index contributed by atoms with van der Waals surface area (Å²) in [6.07, 6.45) is 2.64. The molecule has 0 saturated heterocycles. The molecule has 17 heavy (non-hydrogen) atoms. The summed E-state index contributed by atoms with van der Waals surface area (Å²) in [6, 6.07) is 3.61. The van der Waals surface area contributed by atoms with Gasteiger partial charge in [0.2, 0.25) is 0 Å². The summed E-state index contributed by atoms with van der Waals surface area (Å²) in [5, 5.41) is 13.9. The zero-order valence-corrected chi connectivity index (χ0v) is 9.68. The van der Waals surface area contributed by atoms with Gasteiger partial charge in [-0.3, -0.25) is 9.78 Å². The Balaban J connectivity index is 2.38. The normalized spacial score (nSPS) is 11.2. The Bertz CT molecular complexity index is 418. The number of aryl methyl sites for hydroxylation is 1. The molecule has 0 saturated carbocycles. The van der Waals surface area contributed by atoms with Crippen molar-refractivity contribution in [1.29, 1.82) is 0 Å². The largest absolute Gasteiger partial charge is 0.409 e. The number of pyridine rings is 1. The summed E-state index contributed by atoms with van der Waals surface area (Å²) >= 11 is 0. The Morgan fingerprint density at radius 3 is 3.06 bits per heavy atom. The van der Waals surface area contributed by atoms with Crippen LogP contribution < -0.4 is 11.1 Å². The van der Waals surface area contributed by atoms with E-state index in [0.717, 1.165) is 5.56 Å². The Morgan fingerprint density at radius 2 is 2.41 bits per heavy atom. The number of nitrogens with zero attached hydrogens (tertiary/aromatic N) is 2. The molecule has 0 atom stereocenters. The molecule has 6 heteroatoms. The summed E-state index contributed by atoms with van der Waals surface area (Å²) in [5.41, 5.74) is 6.56. The predicted molar refractivity (Wildman–Crippen MR) is 64.0 cm³/mol. The van der Waals surface area contributed by atoms with Crippen LogP contribution in [0.5, 0.6) is 0 Å². The Labute approximate surface area is 99.5 Å². The number of nitrogens with two attached hydrogens (primary N) is 1. The SMILES string of the molecule is Cc1cccnc1C(=O)NCCCC(N)=NO. The first-order chi connectivity index (χ1) is 8.15. The average molecular weight is 236 g/mol. The molecule has 4 N–H and O–H groups in total. The molecular weight excluding hydrogens is 220 g/mol. The van der Waals surface area contributed by atoms with Crippen molar-refractivity contribution in [2.45, 2.75) is 19.8 Å². The number of oxime groups is 1. The van der Waals surface area contributed by atoms with E-state index in [9.17, 15) is 4.79 Å². The molecule has 1 aromatic heterocycles. The monoisotopic (exact) mass is 236 g/mol. The smallest absolute Gasteiger partial charge is 0.270 e. The second-order valence-electron chi connectivity index (χ2n) is 3.62. The van der Waals surface area contributed by atoms with Crippen molar-refractivity contribution in [1.82, 2.24) is 10.3 Å². The van der Waals surface area contributed by atoms with E-state index in [0.29, 0.717) is 25.1 Å². The van der Waals surface area contributed by atoms with Crippen molar-refractivity contribution in [2.24, 2.45) is 10.9 Å². The number of amidine groups is 1. The molecule has 0 unspecified atom stereocenters. The standard InChI is InChI=1S/C11H16N4O2/c1-8-4-2-6-13-10(8)11(16)14-7-3-5-9(12)15-17/h2,4,6,17H,3,5,7H2,1H3,(H2,12,15)(H,14,16). The van der Waals surface area contributed by atoms with Gasteiger partial charge in [-0.2, -0.15) is 0 Å². The van der Waals surface area contributed by atoms with Crippen LogP contribution >= 0.6 is 0 Å². The highest BCUT2D eigenvalue weighted by Crippen LogP contribution is 2.02. The maximum atomic E-state index is 11.7. The molecule has 0 aliphatic rings. The molecule has 1 aromatic rings. The Kier molecular flexibility index (Phi) is 4.93. The fourth-order valence-corrected chi connectivity index (χ4v) is 1.33. The molecule has 0 radical (unpaired) electrons. The molecule has 1 heterocycles. The number of amides is 1. The fourth-order valence-electron chi connectivity index (χ4n) is 1.33. The molecule has 1 rings (SSSR count). The minimum atomic E-state index is -0.206. The molecule has 0 aliphatic heterocycles. The van der Waals surface area contributed by atoms with Crippen LogP contribution in [0, 0.1) is 6.92 Å². The maximum Gasteiger partial charge on any atom is 0.270 e. The van der Waals surface area contributed by atoms with Crippen molar-refractivity contribution in [3.8, 4) is 0 Å². The summed E-state index contributed by atoms with van der Waals surface area (Å²) in [7, 11) is 0. The second-order valence-corrected chi connectivity index (χ2v) is 3.62. The Hall–Kier alpha value is -2.11. The average Bonchev–Trinajstić information content (AvgIpc) is 2.34. The summed E-state index contributed by atoms with van der Waals surface area (Å²) < 4.78 is 0. The molecule has 0 aliphatic carbocycles. The van der Waals surface area contributed by atoms with Crippen molar-refractivity contribution in [3.63, 3.8) is 0 Å². The zero-order valence-electron chi connectivity index (χ0n) is 9.68. The summed E-state index contributed by atoms with van der Waals surface area (Å²) in [5.74, 6) is -0.0455. The third-order valence-electron chi connectivity index (χ3n) is 2.25. The first-order valence-electron chi connectivity index (χ1n) is 5.31. The van der Waals surface area contributed by atoms with Gasteiger partial charge in [0.05, 0.1) is 0 Å². The molecule has 0 fully saturated rings. The number of carbonyl (C=O) groups is 1. The van der Waals surface area contributed by atoms with Gasteiger partial charge in [-0.1, -0.05) is 11.2 Å². The number of aromatic nitrogens is 1. The van der Waals surface area contributed by atoms with E-state index < -0.39 is 0 Å². The maximum absolute atomic E-state index is 11.7. The van der Waals surface area contributed by atoms with Crippen LogP contribution in [0.4, 0.5) is 0 Å². The molecular formula is C11H16N4O2. The highest BCUT2D eigenvalue weighted by molar-refractivity contribution is 5.93. The van der Waals surface area contributed by atoms with E-state index in [2.05, 4.69) is 15.5 Å². The van der Waals surface area contributed by atoms with Gasteiger partial charge in [-0.05, 0) is 25.0 Å². The number of hydrogen-bond acceptors (Lipinski definition) is 4. The van der Waals surface area contributed by atoms with E-state index in [1.54, 1.807) is 12.3 Å². The number of carbonyl (C=O) groups excluding carboxylic acids is 1. The van der Waals surface area contributed by atoms with E-state index in [4.69, 9.17) is 10.9 Å². The fraction of sp³-hybridized carbons (Fsp3) is 0.364.